The zero-order valence-corrected chi connectivity index (χ0v) is 9.55. The van der Waals surface area contributed by atoms with Gasteiger partial charge in [-0.15, -0.1) is 5.10 Å². The number of anilines is 1. The highest BCUT2D eigenvalue weighted by Crippen LogP contribution is 2.32. The minimum atomic E-state index is 0.529. The number of nitrogen functional groups attached to an aromatic ring is 1. The smallest absolute Gasteiger partial charge is 0.213 e. The van der Waals surface area contributed by atoms with Gasteiger partial charge in [-0.05, 0) is 44.6 Å². The van der Waals surface area contributed by atoms with E-state index >= 15 is 0 Å². The second-order valence-corrected chi connectivity index (χ2v) is 4.31. The Bertz CT molecular complexity index is 675. The van der Waals surface area contributed by atoms with Crippen molar-refractivity contribution in [3.63, 3.8) is 0 Å². The second kappa shape index (κ2) is 3.70. The van der Waals surface area contributed by atoms with Crippen LogP contribution in [0.2, 0.25) is 0 Å². The van der Waals surface area contributed by atoms with E-state index in [1.54, 1.807) is 17.8 Å². The molecule has 0 aliphatic rings. The van der Waals surface area contributed by atoms with Crippen LogP contribution in [0.25, 0.3) is 11.0 Å². The molecule has 0 radical (unpaired) electrons. The van der Waals surface area contributed by atoms with Crippen molar-refractivity contribution in [3.8, 4) is 0 Å². The van der Waals surface area contributed by atoms with Gasteiger partial charge in [0.2, 0.25) is 5.16 Å². The Hall–Kier alpha value is -2.16. The third-order valence-electron chi connectivity index (χ3n) is 2.19. The van der Waals surface area contributed by atoms with Crippen LogP contribution in [-0.2, 0) is 7.05 Å². The first-order valence-corrected chi connectivity index (χ1v) is 5.48. The van der Waals surface area contributed by atoms with Gasteiger partial charge >= 0.3 is 0 Å². The lowest BCUT2D eigenvalue weighted by Gasteiger charge is -2.00. The van der Waals surface area contributed by atoms with E-state index in [2.05, 4.69) is 30.5 Å². The number of fused-ring (bicyclic) bond motifs is 1. The SMILES string of the molecule is Cn1nnnc1Sc1ccc(N)c2nonc12. The molecule has 9 heteroatoms. The van der Waals surface area contributed by atoms with Crippen LogP contribution in [0.1, 0.15) is 0 Å². The zero-order chi connectivity index (χ0) is 11.8. The average molecular weight is 249 g/mol. The van der Waals surface area contributed by atoms with Crippen molar-refractivity contribution in [3.05, 3.63) is 12.1 Å². The molecule has 3 rings (SSSR count). The van der Waals surface area contributed by atoms with Gasteiger partial charge in [-0.3, -0.25) is 0 Å². The molecule has 2 heterocycles. The van der Waals surface area contributed by atoms with Gasteiger partial charge in [0.1, 0.15) is 0 Å². The maximum absolute atomic E-state index is 5.76. The fraction of sp³-hybridized carbons (Fsp3) is 0.125. The van der Waals surface area contributed by atoms with Crippen molar-refractivity contribution in [2.45, 2.75) is 10.1 Å². The highest BCUT2D eigenvalue weighted by Gasteiger charge is 2.13. The van der Waals surface area contributed by atoms with Crippen molar-refractivity contribution in [2.24, 2.45) is 7.05 Å². The van der Waals surface area contributed by atoms with E-state index in [1.807, 2.05) is 6.07 Å². The third-order valence-corrected chi connectivity index (χ3v) is 3.27. The Labute approximate surface area is 99.1 Å². The summed E-state index contributed by atoms with van der Waals surface area (Å²) in [6.07, 6.45) is 0. The number of tetrazole rings is 1. The summed E-state index contributed by atoms with van der Waals surface area (Å²) in [5.41, 5.74) is 7.44. The van der Waals surface area contributed by atoms with Gasteiger partial charge in [-0.1, -0.05) is 0 Å². The van der Waals surface area contributed by atoms with Crippen molar-refractivity contribution in [1.29, 1.82) is 0 Å². The van der Waals surface area contributed by atoms with E-state index < -0.39 is 0 Å². The van der Waals surface area contributed by atoms with Crippen LogP contribution < -0.4 is 5.73 Å². The van der Waals surface area contributed by atoms with Gasteiger partial charge in [-0.2, -0.15) is 0 Å². The second-order valence-electron chi connectivity index (χ2n) is 3.30. The molecule has 0 spiro atoms. The lowest BCUT2D eigenvalue weighted by atomic mass is 10.3. The van der Waals surface area contributed by atoms with Crippen molar-refractivity contribution >= 4 is 28.5 Å². The summed E-state index contributed by atoms with van der Waals surface area (Å²) in [5.74, 6) is 0. The van der Waals surface area contributed by atoms with Crippen LogP contribution in [0.15, 0.2) is 26.8 Å². The molecule has 0 bridgehead atoms. The maximum Gasteiger partial charge on any atom is 0.213 e. The predicted molar refractivity (Wildman–Crippen MR) is 59.1 cm³/mol. The van der Waals surface area contributed by atoms with Gasteiger partial charge in [0.05, 0.1) is 5.69 Å². The van der Waals surface area contributed by atoms with Crippen molar-refractivity contribution in [1.82, 2.24) is 30.5 Å². The van der Waals surface area contributed by atoms with E-state index in [0.717, 1.165) is 4.90 Å². The third kappa shape index (κ3) is 1.60. The highest BCUT2D eigenvalue weighted by molar-refractivity contribution is 7.99. The molecule has 2 N–H and O–H groups in total. The van der Waals surface area contributed by atoms with Gasteiger partial charge in [0, 0.05) is 11.9 Å². The van der Waals surface area contributed by atoms with Crippen LogP contribution in [-0.4, -0.2) is 30.5 Å². The van der Waals surface area contributed by atoms with Gasteiger partial charge in [0.25, 0.3) is 0 Å². The van der Waals surface area contributed by atoms with Gasteiger partial charge < -0.3 is 5.73 Å². The van der Waals surface area contributed by atoms with E-state index in [-0.39, 0.29) is 0 Å². The Balaban J connectivity index is 2.09. The Morgan fingerprint density at radius 2 is 2.12 bits per heavy atom. The Kier molecular flexibility index (Phi) is 2.18. The lowest BCUT2D eigenvalue weighted by Crippen LogP contribution is -1.93. The molecule has 3 aromatic rings. The van der Waals surface area contributed by atoms with Crippen LogP contribution >= 0.6 is 11.8 Å². The predicted octanol–water partition coefficient (Wildman–Crippen LogP) is 0.480. The molecule has 0 unspecified atom stereocenters. The molecule has 0 amide bonds. The van der Waals surface area contributed by atoms with Crippen molar-refractivity contribution in [2.75, 3.05) is 5.73 Å². The normalized spacial score (nSPS) is 11.1. The van der Waals surface area contributed by atoms with Crippen LogP contribution in [0, 0.1) is 0 Å². The first kappa shape index (κ1) is 10.0. The van der Waals surface area contributed by atoms with E-state index in [0.29, 0.717) is 21.9 Å². The molecular weight excluding hydrogens is 242 g/mol. The van der Waals surface area contributed by atoms with E-state index in [4.69, 9.17) is 5.73 Å². The summed E-state index contributed by atoms with van der Waals surface area (Å²) in [5, 5.41) is 19.4. The minimum Gasteiger partial charge on any atom is -0.397 e. The summed E-state index contributed by atoms with van der Waals surface area (Å²) in [6, 6.07) is 3.58. The first-order chi connectivity index (χ1) is 8.25. The molecule has 0 fully saturated rings. The number of hydrogen-bond donors (Lipinski definition) is 1. The molecular formula is C8H7N7OS. The lowest BCUT2D eigenvalue weighted by molar-refractivity contribution is 0.315. The number of nitrogens with two attached hydrogens (primary N) is 1. The number of rotatable bonds is 2. The number of aryl methyl sites for hydroxylation is 1. The summed E-state index contributed by atoms with van der Waals surface area (Å²) in [7, 11) is 1.76. The zero-order valence-electron chi connectivity index (χ0n) is 8.73. The Morgan fingerprint density at radius 1 is 1.29 bits per heavy atom. The van der Waals surface area contributed by atoms with Crippen LogP contribution in [0.5, 0.6) is 0 Å². The van der Waals surface area contributed by atoms with Gasteiger partial charge in [-0.25, -0.2) is 9.31 Å². The molecule has 0 aliphatic heterocycles. The topological polar surface area (TPSA) is 109 Å². The first-order valence-electron chi connectivity index (χ1n) is 4.66. The van der Waals surface area contributed by atoms with E-state index in [1.165, 1.54) is 11.8 Å². The largest absolute Gasteiger partial charge is 0.397 e. The molecule has 0 saturated carbocycles. The molecule has 17 heavy (non-hydrogen) atoms. The molecule has 0 atom stereocenters. The molecule has 1 aromatic carbocycles. The van der Waals surface area contributed by atoms with Gasteiger partial charge in [0.15, 0.2) is 11.0 Å². The van der Waals surface area contributed by atoms with Crippen molar-refractivity contribution < 1.29 is 4.63 Å². The number of hydrogen-bond acceptors (Lipinski definition) is 8. The number of nitrogens with zero attached hydrogens (tertiary/aromatic N) is 6. The fourth-order valence-electron chi connectivity index (χ4n) is 1.35. The summed E-state index contributed by atoms with van der Waals surface area (Å²) in [4.78, 5) is 0.841. The molecule has 2 aromatic heterocycles. The van der Waals surface area contributed by atoms with E-state index in [9.17, 15) is 0 Å². The molecule has 0 aliphatic carbocycles. The minimum absolute atomic E-state index is 0.529. The number of aromatic nitrogens is 6. The molecule has 86 valence electrons. The quantitative estimate of drug-likeness (QED) is 0.653. The summed E-state index contributed by atoms with van der Waals surface area (Å²) in [6.45, 7) is 0. The van der Waals surface area contributed by atoms with Crippen LogP contribution in [0.4, 0.5) is 5.69 Å². The van der Waals surface area contributed by atoms with Crippen LogP contribution in [0.3, 0.4) is 0 Å². The average Bonchev–Trinajstić information content (AvgIpc) is 2.93. The summed E-state index contributed by atoms with van der Waals surface area (Å²) < 4.78 is 6.25. The standard InChI is InChI=1S/C8H7N7OS/c1-15-8(10-13-14-15)17-5-3-2-4(9)6-7(5)12-16-11-6/h2-3H,9H2,1H3. The highest BCUT2D eigenvalue weighted by atomic mass is 32.2. The molecule has 0 saturated heterocycles. The Morgan fingerprint density at radius 3 is 2.88 bits per heavy atom. The maximum atomic E-state index is 5.76. The monoisotopic (exact) mass is 249 g/mol. The fourth-order valence-corrected chi connectivity index (χ4v) is 2.16. The molecule has 8 nitrogen and oxygen atoms in total. The summed E-state index contributed by atoms with van der Waals surface area (Å²) >= 11 is 1.37. The number of benzene rings is 1.